The molecule has 2 aromatic rings. The highest BCUT2D eigenvalue weighted by Crippen LogP contribution is 2.27. The molecule has 0 saturated heterocycles. The lowest BCUT2D eigenvalue weighted by Gasteiger charge is -2.21. The van der Waals surface area contributed by atoms with Crippen LogP contribution < -0.4 is 0 Å². The second-order valence-corrected chi connectivity index (χ2v) is 5.19. The van der Waals surface area contributed by atoms with Crippen molar-refractivity contribution in [1.29, 1.82) is 0 Å². The summed E-state index contributed by atoms with van der Waals surface area (Å²) in [5, 5.41) is 12.9. The van der Waals surface area contributed by atoms with E-state index in [9.17, 15) is 0 Å². The van der Waals surface area contributed by atoms with Crippen molar-refractivity contribution < 1.29 is 4.84 Å². The van der Waals surface area contributed by atoms with Crippen LogP contribution in [0, 0.1) is 5.92 Å². The summed E-state index contributed by atoms with van der Waals surface area (Å²) in [6.07, 6.45) is 1.86. The Balaban J connectivity index is 2.07. The van der Waals surface area contributed by atoms with E-state index >= 15 is 0 Å². The first-order valence-electron chi connectivity index (χ1n) is 6.80. The largest absolute Gasteiger partial charge is 0.399 e. The van der Waals surface area contributed by atoms with E-state index in [-0.39, 0.29) is 0 Å². The molecule has 3 rings (SSSR count). The smallest absolute Gasteiger partial charge is 0.106 e. The first-order valence-corrected chi connectivity index (χ1v) is 6.80. The molecule has 0 aliphatic heterocycles. The highest BCUT2D eigenvalue weighted by atomic mass is 16.6. The quantitative estimate of drug-likeness (QED) is 0.786. The Morgan fingerprint density at radius 1 is 1.15 bits per heavy atom. The van der Waals surface area contributed by atoms with Gasteiger partial charge >= 0.3 is 0 Å². The van der Waals surface area contributed by atoms with Gasteiger partial charge in [0.25, 0.3) is 0 Å². The van der Waals surface area contributed by atoms with Crippen molar-refractivity contribution in [2.45, 2.75) is 19.8 Å². The molecule has 0 fully saturated rings. The van der Waals surface area contributed by atoms with Crippen LogP contribution >= 0.6 is 0 Å². The van der Waals surface area contributed by atoms with E-state index in [1.165, 1.54) is 0 Å². The Morgan fingerprint density at radius 2 is 1.95 bits per heavy atom. The van der Waals surface area contributed by atoms with Crippen LogP contribution in [0.1, 0.15) is 24.6 Å². The summed E-state index contributed by atoms with van der Waals surface area (Å²) in [4.78, 5) is 4.97. The molecule has 4 nitrogen and oxygen atoms in total. The van der Waals surface area contributed by atoms with Crippen molar-refractivity contribution in [3.63, 3.8) is 0 Å². The summed E-state index contributed by atoms with van der Waals surface area (Å²) < 4.78 is 0. The molecule has 1 aromatic carbocycles. The van der Waals surface area contributed by atoms with Gasteiger partial charge in [-0.15, -0.1) is 0 Å². The molecule has 0 saturated carbocycles. The summed E-state index contributed by atoms with van der Waals surface area (Å²) in [7, 11) is 1.58. The molecule has 0 radical (unpaired) electrons. The summed E-state index contributed by atoms with van der Waals surface area (Å²) >= 11 is 0. The van der Waals surface area contributed by atoms with Gasteiger partial charge in [-0.3, -0.25) is 0 Å². The van der Waals surface area contributed by atoms with Crippen molar-refractivity contribution in [2.24, 2.45) is 11.1 Å². The fraction of sp³-hybridized carbons (Fsp3) is 0.312. The third-order valence-electron chi connectivity index (χ3n) is 3.54. The fourth-order valence-corrected chi connectivity index (χ4v) is 2.61. The van der Waals surface area contributed by atoms with Crippen LogP contribution in [0.2, 0.25) is 0 Å². The summed E-state index contributed by atoms with van der Waals surface area (Å²) in [6, 6.07) is 12.1. The average Bonchev–Trinajstić information content (AvgIpc) is 2.48. The first kappa shape index (κ1) is 12.8. The molecule has 0 bridgehead atoms. The molecule has 1 aromatic heterocycles. The molecular weight excluding hydrogens is 250 g/mol. The minimum atomic E-state index is 0.522. The molecule has 1 aliphatic rings. The van der Waals surface area contributed by atoms with Gasteiger partial charge in [0.15, 0.2) is 0 Å². The lowest BCUT2D eigenvalue weighted by atomic mass is 9.86. The molecule has 0 unspecified atom stereocenters. The molecular formula is C16H17N3O. The lowest BCUT2D eigenvalue weighted by Crippen LogP contribution is -2.21. The summed E-state index contributed by atoms with van der Waals surface area (Å²) in [5.41, 5.74) is 4.99. The maximum Gasteiger partial charge on any atom is 0.106 e. The SMILES string of the molecule is CO/N=C1/C[C@@H](C)Cc2nnc(-c3ccccc3)cc21. The van der Waals surface area contributed by atoms with Crippen LogP contribution in [0.15, 0.2) is 41.6 Å². The minimum Gasteiger partial charge on any atom is -0.399 e. The molecule has 0 spiro atoms. The number of rotatable bonds is 2. The van der Waals surface area contributed by atoms with Gasteiger partial charge in [0.05, 0.1) is 17.1 Å². The second kappa shape index (κ2) is 5.41. The highest BCUT2D eigenvalue weighted by molar-refractivity contribution is 6.02. The maximum absolute atomic E-state index is 4.97. The van der Waals surface area contributed by atoms with E-state index in [1.807, 2.05) is 30.3 Å². The summed E-state index contributed by atoms with van der Waals surface area (Å²) in [5.74, 6) is 0.522. The zero-order valence-electron chi connectivity index (χ0n) is 11.7. The van der Waals surface area contributed by atoms with Crippen LogP contribution in [-0.4, -0.2) is 23.0 Å². The highest BCUT2D eigenvalue weighted by Gasteiger charge is 2.23. The van der Waals surface area contributed by atoms with Crippen molar-refractivity contribution in [2.75, 3.05) is 7.11 Å². The normalized spacial score (nSPS) is 19.7. The average molecular weight is 267 g/mol. The van der Waals surface area contributed by atoms with Gasteiger partial charge < -0.3 is 4.84 Å². The first-order chi connectivity index (χ1) is 9.78. The van der Waals surface area contributed by atoms with E-state index in [0.717, 1.165) is 41.1 Å². The molecule has 1 atom stereocenters. The third kappa shape index (κ3) is 2.41. The maximum atomic E-state index is 4.97. The summed E-state index contributed by atoms with van der Waals surface area (Å²) in [6.45, 7) is 2.20. The van der Waals surface area contributed by atoms with Gasteiger partial charge in [-0.1, -0.05) is 42.4 Å². The van der Waals surface area contributed by atoms with Gasteiger partial charge in [-0.2, -0.15) is 10.2 Å². The standard InChI is InChI=1S/C16H17N3O/c1-11-8-15-13(16(9-11)19-20-2)10-14(17-18-15)12-6-4-3-5-7-12/h3-7,10-11H,8-9H2,1-2H3/b19-16-/t11-/m0/s1. The monoisotopic (exact) mass is 267 g/mol. The number of fused-ring (bicyclic) bond motifs is 1. The van der Waals surface area contributed by atoms with Gasteiger partial charge in [0, 0.05) is 11.1 Å². The van der Waals surface area contributed by atoms with Crippen LogP contribution in [-0.2, 0) is 11.3 Å². The Morgan fingerprint density at radius 3 is 2.70 bits per heavy atom. The van der Waals surface area contributed by atoms with E-state index in [1.54, 1.807) is 7.11 Å². The van der Waals surface area contributed by atoms with Crippen molar-refractivity contribution >= 4 is 5.71 Å². The molecule has 4 heteroatoms. The number of nitrogens with zero attached hydrogens (tertiary/aromatic N) is 3. The molecule has 1 heterocycles. The Labute approximate surface area is 118 Å². The molecule has 20 heavy (non-hydrogen) atoms. The van der Waals surface area contributed by atoms with Gasteiger partial charge in [-0.05, 0) is 24.8 Å². The Kier molecular flexibility index (Phi) is 3.46. The van der Waals surface area contributed by atoms with E-state index in [0.29, 0.717) is 5.92 Å². The zero-order valence-corrected chi connectivity index (χ0v) is 11.7. The molecule has 0 amide bonds. The number of oxime groups is 1. The van der Waals surface area contributed by atoms with Crippen molar-refractivity contribution in [3.8, 4) is 11.3 Å². The van der Waals surface area contributed by atoms with E-state index in [2.05, 4.69) is 28.3 Å². The zero-order chi connectivity index (χ0) is 13.9. The fourth-order valence-electron chi connectivity index (χ4n) is 2.61. The van der Waals surface area contributed by atoms with Gasteiger partial charge in [0.1, 0.15) is 7.11 Å². The van der Waals surface area contributed by atoms with Crippen LogP contribution in [0.4, 0.5) is 0 Å². The predicted octanol–water partition coefficient (Wildman–Crippen LogP) is 3.08. The number of hydrogen-bond donors (Lipinski definition) is 0. The van der Waals surface area contributed by atoms with Gasteiger partial charge in [-0.25, -0.2) is 0 Å². The predicted molar refractivity (Wildman–Crippen MR) is 78.5 cm³/mol. The van der Waals surface area contributed by atoms with Crippen LogP contribution in [0.25, 0.3) is 11.3 Å². The number of benzene rings is 1. The van der Waals surface area contributed by atoms with E-state index in [4.69, 9.17) is 4.84 Å². The van der Waals surface area contributed by atoms with Gasteiger partial charge in [0.2, 0.25) is 0 Å². The van der Waals surface area contributed by atoms with Crippen LogP contribution in [0.5, 0.6) is 0 Å². The number of aromatic nitrogens is 2. The Hall–Kier alpha value is -2.23. The molecule has 1 aliphatic carbocycles. The van der Waals surface area contributed by atoms with Crippen molar-refractivity contribution in [1.82, 2.24) is 10.2 Å². The molecule has 0 N–H and O–H groups in total. The molecule has 102 valence electrons. The topological polar surface area (TPSA) is 47.4 Å². The van der Waals surface area contributed by atoms with Crippen LogP contribution in [0.3, 0.4) is 0 Å². The minimum absolute atomic E-state index is 0.522. The third-order valence-corrected chi connectivity index (χ3v) is 3.54. The lowest BCUT2D eigenvalue weighted by molar-refractivity contribution is 0.212. The van der Waals surface area contributed by atoms with Crippen molar-refractivity contribution in [3.05, 3.63) is 47.7 Å². The Bertz CT molecular complexity index is 637. The number of hydrogen-bond acceptors (Lipinski definition) is 4. The second-order valence-electron chi connectivity index (χ2n) is 5.19. The van der Waals surface area contributed by atoms with E-state index < -0.39 is 0 Å².